The standard InChI is InChI=1S/C12H12BrFO2/c1-12(2)9(10(12)11(15)16)6-3-4-8(14)7(13)5-6/h3-5,9-10H,1-2H3,(H,15,16)/t9-,10+/m1/s1. The largest absolute Gasteiger partial charge is 0.481 e. The summed E-state index contributed by atoms with van der Waals surface area (Å²) in [5.41, 5.74) is 0.633. The molecule has 86 valence electrons. The van der Waals surface area contributed by atoms with Crippen molar-refractivity contribution in [3.8, 4) is 0 Å². The van der Waals surface area contributed by atoms with Crippen LogP contribution in [0.5, 0.6) is 0 Å². The van der Waals surface area contributed by atoms with E-state index in [0.29, 0.717) is 4.47 Å². The first-order valence-corrected chi connectivity index (χ1v) is 5.82. The van der Waals surface area contributed by atoms with E-state index in [1.807, 2.05) is 13.8 Å². The van der Waals surface area contributed by atoms with Crippen LogP contribution in [0.3, 0.4) is 0 Å². The quantitative estimate of drug-likeness (QED) is 0.905. The van der Waals surface area contributed by atoms with Gasteiger partial charge in [0.25, 0.3) is 0 Å². The molecule has 2 atom stereocenters. The predicted octanol–water partition coefficient (Wildman–Crippen LogP) is 3.41. The minimum Gasteiger partial charge on any atom is -0.481 e. The Bertz CT molecular complexity index is 456. The highest BCUT2D eigenvalue weighted by atomic mass is 79.9. The fourth-order valence-electron chi connectivity index (χ4n) is 2.43. The van der Waals surface area contributed by atoms with Gasteiger partial charge in [-0.2, -0.15) is 0 Å². The zero-order valence-corrected chi connectivity index (χ0v) is 10.6. The molecule has 4 heteroatoms. The molecule has 1 N–H and O–H groups in total. The van der Waals surface area contributed by atoms with E-state index < -0.39 is 5.97 Å². The zero-order chi connectivity index (χ0) is 12.1. The van der Waals surface area contributed by atoms with E-state index in [9.17, 15) is 9.18 Å². The fourth-order valence-corrected chi connectivity index (χ4v) is 2.82. The van der Waals surface area contributed by atoms with E-state index in [0.717, 1.165) is 5.56 Å². The molecule has 1 aliphatic carbocycles. The fraction of sp³-hybridized carbons (Fsp3) is 0.417. The van der Waals surface area contributed by atoms with E-state index in [1.165, 1.54) is 6.07 Å². The number of aliphatic carboxylic acids is 1. The van der Waals surface area contributed by atoms with Crippen LogP contribution in [0.2, 0.25) is 0 Å². The van der Waals surface area contributed by atoms with Gasteiger partial charge in [0, 0.05) is 5.92 Å². The number of benzene rings is 1. The number of carboxylic acids is 1. The summed E-state index contributed by atoms with van der Waals surface area (Å²) >= 11 is 3.11. The molecular formula is C12H12BrFO2. The van der Waals surface area contributed by atoms with Gasteiger partial charge >= 0.3 is 5.97 Å². The van der Waals surface area contributed by atoms with Gasteiger partial charge in [-0.1, -0.05) is 19.9 Å². The molecule has 1 aromatic carbocycles. The van der Waals surface area contributed by atoms with E-state index in [4.69, 9.17) is 5.11 Å². The first-order valence-electron chi connectivity index (χ1n) is 5.03. The van der Waals surface area contributed by atoms with Crippen LogP contribution in [0.1, 0.15) is 25.3 Å². The lowest BCUT2D eigenvalue weighted by atomic mass is 10.0. The second kappa shape index (κ2) is 3.55. The molecule has 0 aromatic heterocycles. The topological polar surface area (TPSA) is 37.3 Å². The van der Waals surface area contributed by atoms with E-state index in [1.54, 1.807) is 12.1 Å². The van der Waals surface area contributed by atoms with Gasteiger partial charge in [0.05, 0.1) is 10.4 Å². The van der Waals surface area contributed by atoms with Crippen LogP contribution in [-0.2, 0) is 4.79 Å². The lowest BCUT2D eigenvalue weighted by Gasteiger charge is -2.03. The molecule has 0 bridgehead atoms. The Hall–Kier alpha value is -0.900. The summed E-state index contributed by atoms with van der Waals surface area (Å²) in [6.07, 6.45) is 0. The van der Waals surface area contributed by atoms with Crippen molar-refractivity contribution in [2.45, 2.75) is 19.8 Å². The Morgan fingerprint density at radius 3 is 2.56 bits per heavy atom. The van der Waals surface area contributed by atoms with Gasteiger partial charge in [-0.05, 0) is 39.0 Å². The lowest BCUT2D eigenvalue weighted by Crippen LogP contribution is -2.03. The van der Waals surface area contributed by atoms with Crippen LogP contribution < -0.4 is 0 Å². The zero-order valence-electron chi connectivity index (χ0n) is 9.00. The van der Waals surface area contributed by atoms with Crippen LogP contribution in [-0.4, -0.2) is 11.1 Å². The van der Waals surface area contributed by atoms with Gasteiger partial charge in [-0.25, -0.2) is 4.39 Å². The highest BCUT2D eigenvalue weighted by molar-refractivity contribution is 9.10. The minimum atomic E-state index is -0.782. The molecule has 2 nitrogen and oxygen atoms in total. The van der Waals surface area contributed by atoms with E-state index in [2.05, 4.69) is 15.9 Å². The van der Waals surface area contributed by atoms with E-state index >= 15 is 0 Å². The molecule has 0 saturated heterocycles. The molecule has 2 rings (SSSR count). The monoisotopic (exact) mass is 286 g/mol. The number of hydrogen-bond acceptors (Lipinski definition) is 1. The summed E-state index contributed by atoms with van der Waals surface area (Å²) in [7, 11) is 0. The van der Waals surface area contributed by atoms with Gasteiger partial charge in [0.1, 0.15) is 5.82 Å². The molecule has 16 heavy (non-hydrogen) atoms. The van der Waals surface area contributed by atoms with Crippen LogP contribution in [0.25, 0.3) is 0 Å². The second-order valence-corrected chi connectivity index (χ2v) is 5.64. The lowest BCUT2D eigenvalue weighted by molar-refractivity contribution is -0.139. The average Bonchev–Trinajstić information content (AvgIpc) is 2.74. The first-order chi connectivity index (χ1) is 7.35. The van der Waals surface area contributed by atoms with Gasteiger partial charge in [-0.15, -0.1) is 0 Å². The Kier molecular flexibility index (Phi) is 2.57. The van der Waals surface area contributed by atoms with Crippen molar-refractivity contribution in [3.05, 3.63) is 34.1 Å². The van der Waals surface area contributed by atoms with Crippen molar-refractivity contribution < 1.29 is 14.3 Å². The molecule has 1 fully saturated rings. The van der Waals surface area contributed by atoms with Crippen LogP contribution >= 0.6 is 15.9 Å². The van der Waals surface area contributed by atoms with Crippen LogP contribution in [0, 0.1) is 17.2 Å². The third-order valence-electron chi connectivity index (χ3n) is 3.40. The van der Waals surface area contributed by atoms with Gasteiger partial charge in [0.2, 0.25) is 0 Å². The number of halogens is 2. The highest BCUT2D eigenvalue weighted by Gasteiger charge is 2.62. The molecule has 0 heterocycles. The molecule has 1 aromatic rings. The first kappa shape index (κ1) is 11.6. The maximum atomic E-state index is 13.1. The Morgan fingerprint density at radius 2 is 2.12 bits per heavy atom. The van der Waals surface area contributed by atoms with Crippen molar-refractivity contribution in [1.29, 1.82) is 0 Å². The Morgan fingerprint density at radius 1 is 1.50 bits per heavy atom. The molecule has 1 aliphatic rings. The van der Waals surface area contributed by atoms with Crippen LogP contribution in [0.4, 0.5) is 4.39 Å². The van der Waals surface area contributed by atoms with Crippen molar-refractivity contribution in [3.63, 3.8) is 0 Å². The van der Waals surface area contributed by atoms with Gasteiger partial charge in [-0.3, -0.25) is 4.79 Å². The molecule has 0 amide bonds. The Balaban J connectivity index is 2.33. The number of carbonyl (C=O) groups is 1. The Labute approximate surface area is 102 Å². The molecule has 1 saturated carbocycles. The summed E-state index contributed by atoms with van der Waals surface area (Å²) < 4.78 is 13.5. The highest BCUT2D eigenvalue weighted by Crippen LogP contribution is 2.64. The third kappa shape index (κ3) is 1.65. The van der Waals surface area contributed by atoms with Crippen molar-refractivity contribution in [2.75, 3.05) is 0 Å². The maximum absolute atomic E-state index is 13.1. The molecule has 0 aliphatic heterocycles. The molecule has 0 radical (unpaired) electrons. The molecule has 0 spiro atoms. The van der Waals surface area contributed by atoms with Crippen molar-refractivity contribution in [1.82, 2.24) is 0 Å². The van der Waals surface area contributed by atoms with Crippen molar-refractivity contribution in [2.24, 2.45) is 11.3 Å². The molecule has 0 unspecified atom stereocenters. The van der Waals surface area contributed by atoms with E-state index in [-0.39, 0.29) is 23.1 Å². The number of hydrogen-bond donors (Lipinski definition) is 1. The summed E-state index contributed by atoms with van der Waals surface area (Å²) in [5, 5.41) is 9.06. The summed E-state index contributed by atoms with van der Waals surface area (Å²) in [5.74, 6) is -1.50. The third-order valence-corrected chi connectivity index (χ3v) is 4.00. The molecular weight excluding hydrogens is 275 g/mol. The number of rotatable bonds is 2. The summed E-state index contributed by atoms with van der Waals surface area (Å²) in [6.45, 7) is 3.85. The van der Waals surface area contributed by atoms with Crippen LogP contribution in [0.15, 0.2) is 22.7 Å². The van der Waals surface area contributed by atoms with Crippen molar-refractivity contribution >= 4 is 21.9 Å². The van der Waals surface area contributed by atoms with Gasteiger partial charge < -0.3 is 5.11 Å². The average molecular weight is 287 g/mol. The maximum Gasteiger partial charge on any atom is 0.307 e. The smallest absolute Gasteiger partial charge is 0.307 e. The van der Waals surface area contributed by atoms with Gasteiger partial charge in [0.15, 0.2) is 0 Å². The predicted molar refractivity (Wildman–Crippen MR) is 61.7 cm³/mol. The summed E-state index contributed by atoms with van der Waals surface area (Å²) in [4.78, 5) is 11.0. The summed E-state index contributed by atoms with van der Waals surface area (Å²) in [6, 6.07) is 4.70. The minimum absolute atomic E-state index is 0.0260. The normalized spacial score (nSPS) is 26.5. The number of carboxylic acid groups (broad SMARTS) is 1. The second-order valence-electron chi connectivity index (χ2n) is 4.79. The SMILES string of the molecule is CC1(C)[C@H](C(=O)O)[C@H]1c1ccc(F)c(Br)c1.